The molecule has 174 valence electrons. The summed E-state index contributed by atoms with van der Waals surface area (Å²) in [6.45, 7) is 0.741. The summed E-state index contributed by atoms with van der Waals surface area (Å²) < 4.78 is 5.16. The average Bonchev–Trinajstić information content (AvgIpc) is 3.41. The van der Waals surface area contributed by atoms with Gasteiger partial charge in [-0.2, -0.15) is 11.8 Å². The number of urea groups is 1. The summed E-state index contributed by atoms with van der Waals surface area (Å²) in [6, 6.07) is 4.24. The van der Waals surface area contributed by atoms with Crippen LogP contribution < -0.4 is 21.1 Å². The van der Waals surface area contributed by atoms with E-state index in [1.165, 1.54) is 28.7 Å². The van der Waals surface area contributed by atoms with Crippen LogP contribution in [0.1, 0.15) is 19.3 Å². The normalized spacial score (nSPS) is 22.5. The van der Waals surface area contributed by atoms with Gasteiger partial charge < -0.3 is 30.9 Å². The fourth-order valence-electron chi connectivity index (χ4n) is 4.27. The van der Waals surface area contributed by atoms with Crippen molar-refractivity contribution in [1.82, 2.24) is 15.1 Å². The van der Waals surface area contributed by atoms with E-state index in [4.69, 9.17) is 10.5 Å². The molecule has 2 fully saturated rings. The van der Waals surface area contributed by atoms with Crippen molar-refractivity contribution in [3.05, 3.63) is 24.3 Å². The Morgan fingerprint density at radius 3 is 2.66 bits per heavy atom. The number of methoxy groups -OCH3 is 1. The van der Waals surface area contributed by atoms with Crippen LogP contribution in [0.5, 0.6) is 5.75 Å². The molecule has 4 N–H and O–H groups in total. The van der Waals surface area contributed by atoms with Crippen LogP contribution in [0.3, 0.4) is 0 Å². The van der Waals surface area contributed by atoms with Gasteiger partial charge in [0.05, 0.1) is 18.9 Å². The zero-order chi connectivity index (χ0) is 23.3. The first-order valence-electron chi connectivity index (χ1n) is 10.5. The molecule has 0 saturated carbocycles. The van der Waals surface area contributed by atoms with Gasteiger partial charge in [0.1, 0.15) is 17.8 Å². The Balaban J connectivity index is 1.76. The van der Waals surface area contributed by atoms with Crippen molar-refractivity contribution in [3.8, 4) is 5.75 Å². The number of carbonyl (C=O) groups excluding carboxylic acids is 4. The minimum absolute atomic E-state index is 0.178. The number of nitrogens with zero attached hydrogens (tertiary/aromatic N) is 2. The molecule has 0 radical (unpaired) electrons. The summed E-state index contributed by atoms with van der Waals surface area (Å²) in [4.78, 5) is 53.6. The molecule has 11 heteroatoms. The second kappa shape index (κ2) is 10.6. The molecular weight excluding hydrogens is 434 g/mol. The Morgan fingerprint density at radius 1 is 1.19 bits per heavy atom. The van der Waals surface area contributed by atoms with Crippen molar-refractivity contribution in [2.24, 2.45) is 5.73 Å². The largest absolute Gasteiger partial charge is 0.497 e. The van der Waals surface area contributed by atoms with Crippen LogP contribution >= 0.6 is 11.8 Å². The summed E-state index contributed by atoms with van der Waals surface area (Å²) >= 11 is 1.37. The highest BCUT2D eigenvalue weighted by Gasteiger charge is 2.46. The summed E-state index contributed by atoms with van der Waals surface area (Å²) in [5.74, 6) is -0.271. The molecule has 0 bridgehead atoms. The average molecular weight is 464 g/mol. The van der Waals surface area contributed by atoms with Crippen molar-refractivity contribution >= 4 is 41.2 Å². The predicted molar refractivity (Wildman–Crippen MR) is 121 cm³/mol. The van der Waals surface area contributed by atoms with Crippen LogP contribution in [-0.4, -0.2) is 83.9 Å². The van der Waals surface area contributed by atoms with E-state index in [2.05, 4.69) is 10.6 Å². The quantitative estimate of drug-likeness (QED) is 0.543. The molecule has 0 aliphatic carbocycles. The Bertz CT molecular complexity index is 882. The Kier molecular flexibility index (Phi) is 7.84. The number of benzene rings is 1. The van der Waals surface area contributed by atoms with Crippen molar-refractivity contribution in [1.29, 1.82) is 0 Å². The molecule has 10 nitrogen and oxygen atoms in total. The molecular formula is C21H29N5O5S. The molecule has 3 atom stereocenters. The van der Waals surface area contributed by atoms with E-state index < -0.39 is 30.1 Å². The number of carbonyl (C=O) groups is 4. The van der Waals surface area contributed by atoms with E-state index in [0.29, 0.717) is 43.8 Å². The summed E-state index contributed by atoms with van der Waals surface area (Å²) in [5, 5.41) is 5.57. The lowest BCUT2D eigenvalue weighted by atomic mass is 10.1. The molecule has 2 aliphatic rings. The standard InChI is InChI=1S/C21H29N5O5S/c1-31-14-6-3-5-13(11-14)23-21(30)24-15-8-10-26(17(27)12-32-2)18(15)20(29)25-9-4-7-16(25)19(22)28/h3,5-6,11,15-16,18H,4,7-10,12H2,1-2H3,(H2,22,28)(H2,23,24,30). The van der Waals surface area contributed by atoms with E-state index in [9.17, 15) is 19.2 Å². The third-order valence-corrected chi connectivity index (χ3v) is 6.28. The number of ether oxygens (including phenoxy) is 1. The van der Waals surface area contributed by atoms with Gasteiger partial charge in [0.15, 0.2) is 0 Å². The first-order chi connectivity index (χ1) is 15.3. The van der Waals surface area contributed by atoms with Crippen molar-refractivity contribution in [2.75, 3.05) is 37.5 Å². The lowest BCUT2D eigenvalue weighted by Crippen LogP contribution is -2.58. The summed E-state index contributed by atoms with van der Waals surface area (Å²) in [7, 11) is 1.53. The van der Waals surface area contributed by atoms with Crippen LogP contribution in [0.25, 0.3) is 0 Å². The van der Waals surface area contributed by atoms with E-state index in [-0.39, 0.29) is 17.6 Å². The summed E-state index contributed by atoms with van der Waals surface area (Å²) in [6.07, 6.45) is 3.41. The zero-order valence-electron chi connectivity index (χ0n) is 18.2. The highest BCUT2D eigenvalue weighted by molar-refractivity contribution is 7.99. The summed E-state index contributed by atoms with van der Waals surface area (Å²) in [5.41, 5.74) is 6.02. The third kappa shape index (κ3) is 5.26. The molecule has 32 heavy (non-hydrogen) atoms. The molecule has 5 amide bonds. The second-order valence-corrected chi connectivity index (χ2v) is 8.65. The van der Waals surface area contributed by atoms with Crippen LogP contribution in [0.4, 0.5) is 10.5 Å². The molecule has 3 rings (SSSR count). The van der Waals surface area contributed by atoms with Gasteiger partial charge >= 0.3 is 6.03 Å². The van der Waals surface area contributed by atoms with Crippen LogP contribution in [-0.2, 0) is 14.4 Å². The van der Waals surface area contributed by atoms with E-state index in [0.717, 1.165) is 0 Å². The maximum absolute atomic E-state index is 13.4. The molecule has 3 unspecified atom stereocenters. The topological polar surface area (TPSA) is 134 Å². The first kappa shape index (κ1) is 23.7. The fourth-order valence-corrected chi connectivity index (χ4v) is 4.68. The van der Waals surface area contributed by atoms with Crippen molar-refractivity contribution in [2.45, 2.75) is 37.4 Å². The molecule has 0 aromatic heterocycles. The van der Waals surface area contributed by atoms with Crippen molar-refractivity contribution < 1.29 is 23.9 Å². The van der Waals surface area contributed by atoms with Gasteiger partial charge in [-0.05, 0) is 37.7 Å². The monoisotopic (exact) mass is 463 g/mol. The van der Waals surface area contributed by atoms with Gasteiger partial charge in [0.25, 0.3) is 0 Å². The predicted octanol–water partition coefficient (Wildman–Crippen LogP) is 0.626. The van der Waals surface area contributed by atoms with Crippen LogP contribution in [0.2, 0.25) is 0 Å². The fraction of sp³-hybridized carbons (Fsp3) is 0.524. The van der Waals surface area contributed by atoms with Gasteiger partial charge in [-0.1, -0.05) is 6.07 Å². The minimum Gasteiger partial charge on any atom is -0.497 e. The van der Waals surface area contributed by atoms with Crippen LogP contribution in [0.15, 0.2) is 24.3 Å². The number of thioether (sulfide) groups is 1. The maximum Gasteiger partial charge on any atom is 0.319 e. The van der Waals surface area contributed by atoms with Gasteiger partial charge in [-0.25, -0.2) is 4.79 Å². The molecule has 2 heterocycles. The lowest BCUT2D eigenvalue weighted by molar-refractivity contribution is -0.145. The highest BCUT2D eigenvalue weighted by atomic mass is 32.2. The van der Waals surface area contributed by atoms with Gasteiger partial charge in [-0.15, -0.1) is 0 Å². The Morgan fingerprint density at radius 2 is 1.97 bits per heavy atom. The number of nitrogens with one attached hydrogen (secondary N) is 2. The maximum atomic E-state index is 13.4. The van der Waals surface area contributed by atoms with Gasteiger partial charge in [0, 0.05) is 24.8 Å². The number of hydrogen-bond donors (Lipinski definition) is 3. The highest BCUT2D eigenvalue weighted by Crippen LogP contribution is 2.26. The van der Waals surface area contributed by atoms with E-state index in [1.54, 1.807) is 24.3 Å². The Hall–Kier alpha value is -2.95. The first-order valence-corrected chi connectivity index (χ1v) is 11.8. The second-order valence-electron chi connectivity index (χ2n) is 7.78. The number of rotatable bonds is 7. The smallest absolute Gasteiger partial charge is 0.319 e. The zero-order valence-corrected chi connectivity index (χ0v) is 19.0. The number of likely N-dealkylation sites (tertiary alicyclic amines) is 2. The van der Waals surface area contributed by atoms with Crippen LogP contribution in [0, 0.1) is 0 Å². The number of nitrogens with two attached hydrogens (primary N) is 1. The number of hydrogen-bond acceptors (Lipinski definition) is 6. The van der Waals surface area contributed by atoms with E-state index >= 15 is 0 Å². The molecule has 1 aromatic rings. The molecule has 1 aromatic carbocycles. The number of amides is 5. The minimum atomic E-state index is -0.884. The lowest BCUT2D eigenvalue weighted by Gasteiger charge is -2.33. The number of primary amides is 1. The van der Waals surface area contributed by atoms with E-state index in [1.807, 2.05) is 6.26 Å². The molecule has 2 aliphatic heterocycles. The van der Waals surface area contributed by atoms with Gasteiger partial charge in [-0.3, -0.25) is 14.4 Å². The molecule has 2 saturated heterocycles. The van der Waals surface area contributed by atoms with Gasteiger partial charge in [0.2, 0.25) is 17.7 Å². The Labute approximate surface area is 191 Å². The SMILES string of the molecule is COc1cccc(NC(=O)NC2CCN(C(=O)CSC)C2C(=O)N2CCCC2C(N)=O)c1. The number of anilines is 1. The third-order valence-electron chi connectivity index (χ3n) is 5.75. The van der Waals surface area contributed by atoms with Crippen molar-refractivity contribution in [3.63, 3.8) is 0 Å². The molecule has 0 spiro atoms.